The van der Waals surface area contributed by atoms with E-state index in [2.05, 4.69) is 39.9 Å². The SMILES string of the molecule is CCN1/C(=C/C=C2/SC(=S)N(CC[P+](O)(O)O)C2=O)Sc2ccc(Br)cc21. The number of benzene rings is 1. The lowest BCUT2D eigenvalue weighted by Crippen LogP contribution is -2.31. The summed E-state index contributed by atoms with van der Waals surface area (Å²) in [4.78, 5) is 45.0. The number of rotatable bonds is 5. The van der Waals surface area contributed by atoms with Crippen LogP contribution in [0.1, 0.15) is 6.92 Å². The van der Waals surface area contributed by atoms with Crippen LogP contribution in [0.15, 0.2) is 49.7 Å². The minimum atomic E-state index is -3.93. The first kappa shape index (κ1) is 21.3. The molecule has 1 amide bonds. The second-order valence-electron chi connectivity index (χ2n) is 5.74. The van der Waals surface area contributed by atoms with Gasteiger partial charge in [-0.3, -0.25) is 9.69 Å². The highest BCUT2D eigenvalue weighted by Gasteiger charge is 2.37. The molecule has 1 fully saturated rings. The van der Waals surface area contributed by atoms with Gasteiger partial charge in [-0.05, 0) is 37.3 Å². The van der Waals surface area contributed by atoms with Gasteiger partial charge in [-0.15, -0.1) is 0 Å². The van der Waals surface area contributed by atoms with Crippen LogP contribution in [-0.2, 0) is 4.79 Å². The van der Waals surface area contributed by atoms with E-state index in [0.29, 0.717) is 9.23 Å². The topological polar surface area (TPSA) is 84.2 Å². The number of thiocarbonyl (C=S) groups is 1. The lowest BCUT2D eigenvalue weighted by molar-refractivity contribution is -0.122. The van der Waals surface area contributed by atoms with Crippen LogP contribution < -0.4 is 4.90 Å². The molecule has 11 heteroatoms. The molecule has 3 rings (SSSR count). The van der Waals surface area contributed by atoms with Crippen molar-refractivity contribution >= 4 is 75.5 Å². The number of nitrogens with zero attached hydrogens (tertiary/aromatic N) is 2. The molecule has 0 unspecified atom stereocenters. The predicted molar refractivity (Wildman–Crippen MR) is 120 cm³/mol. The lowest BCUT2D eigenvalue weighted by atomic mass is 10.3. The molecular weight excluding hydrogens is 491 g/mol. The van der Waals surface area contributed by atoms with E-state index in [0.717, 1.165) is 26.6 Å². The van der Waals surface area contributed by atoms with Gasteiger partial charge < -0.3 is 4.90 Å². The Labute approximate surface area is 180 Å². The van der Waals surface area contributed by atoms with Gasteiger partial charge in [-0.1, -0.05) is 51.7 Å². The van der Waals surface area contributed by atoms with Crippen LogP contribution in [0.2, 0.25) is 0 Å². The van der Waals surface area contributed by atoms with Crippen molar-refractivity contribution < 1.29 is 19.5 Å². The summed E-state index contributed by atoms with van der Waals surface area (Å²) in [6.45, 7) is 2.84. The molecule has 2 aliphatic rings. The molecule has 2 aliphatic heterocycles. The molecule has 1 aromatic rings. The lowest BCUT2D eigenvalue weighted by Gasteiger charge is -2.17. The second-order valence-corrected chi connectivity index (χ2v) is 11.2. The van der Waals surface area contributed by atoms with E-state index in [9.17, 15) is 4.79 Å². The molecule has 6 nitrogen and oxygen atoms in total. The first-order valence-corrected chi connectivity index (χ1v) is 12.6. The van der Waals surface area contributed by atoms with Crippen molar-refractivity contribution in [3.05, 3.63) is 44.8 Å². The molecule has 2 heterocycles. The van der Waals surface area contributed by atoms with E-state index in [4.69, 9.17) is 26.9 Å². The minimum absolute atomic E-state index is 0.0227. The van der Waals surface area contributed by atoms with Gasteiger partial charge in [0, 0.05) is 15.9 Å². The fraction of sp³-hybridized carbons (Fsp3) is 0.250. The highest BCUT2D eigenvalue weighted by Crippen LogP contribution is 2.47. The zero-order valence-electron chi connectivity index (χ0n) is 14.2. The van der Waals surface area contributed by atoms with Crippen LogP contribution in [0.4, 0.5) is 5.69 Å². The number of carbonyl (C=O) groups excluding carboxylic acids is 1. The van der Waals surface area contributed by atoms with E-state index >= 15 is 0 Å². The van der Waals surface area contributed by atoms with Crippen LogP contribution >= 0.6 is 59.6 Å². The molecule has 0 bridgehead atoms. The molecule has 144 valence electrons. The van der Waals surface area contributed by atoms with Gasteiger partial charge in [-0.25, -0.2) is 0 Å². The number of carbonyl (C=O) groups is 1. The molecule has 3 N–H and O–H groups in total. The molecule has 1 saturated heterocycles. The minimum Gasteiger partial charge on any atom is -0.335 e. The predicted octanol–water partition coefficient (Wildman–Crippen LogP) is 3.71. The van der Waals surface area contributed by atoms with E-state index < -0.39 is 7.94 Å². The average molecular weight is 508 g/mol. The number of hydrogen-bond donors (Lipinski definition) is 3. The number of amides is 1. The Balaban J connectivity index is 1.77. The van der Waals surface area contributed by atoms with Crippen molar-refractivity contribution in [1.82, 2.24) is 4.90 Å². The monoisotopic (exact) mass is 507 g/mol. The van der Waals surface area contributed by atoms with Gasteiger partial charge in [0.1, 0.15) is 4.32 Å². The molecule has 0 atom stereocenters. The molecule has 0 spiro atoms. The summed E-state index contributed by atoms with van der Waals surface area (Å²) in [6.07, 6.45) is 3.34. The van der Waals surface area contributed by atoms with Crippen LogP contribution in [0.25, 0.3) is 0 Å². The Morgan fingerprint density at radius 1 is 1.22 bits per heavy atom. The molecule has 0 radical (unpaired) electrons. The molecule has 0 saturated carbocycles. The van der Waals surface area contributed by atoms with Crippen LogP contribution in [-0.4, -0.2) is 49.1 Å². The van der Waals surface area contributed by atoms with Crippen molar-refractivity contribution in [3.8, 4) is 0 Å². The number of allylic oxidation sites excluding steroid dienone is 2. The molecule has 27 heavy (non-hydrogen) atoms. The van der Waals surface area contributed by atoms with Crippen LogP contribution in [0.3, 0.4) is 0 Å². The van der Waals surface area contributed by atoms with E-state index in [1.165, 1.54) is 16.7 Å². The summed E-state index contributed by atoms with van der Waals surface area (Å²) in [7, 11) is -3.93. The normalized spacial score (nSPS) is 20.3. The average Bonchev–Trinajstić information content (AvgIpc) is 3.06. The van der Waals surface area contributed by atoms with Crippen molar-refractivity contribution in [2.45, 2.75) is 11.8 Å². The van der Waals surface area contributed by atoms with E-state index in [1.807, 2.05) is 12.1 Å². The Morgan fingerprint density at radius 3 is 2.63 bits per heavy atom. The maximum Gasteiger partial charge on any atom is 0.405 e. The Kier molecular flexibility index (Phi) is 6.70. The fourth-order valence-electron chi connectivity index (χ4n) is 2.61. The number of anilines is 1. The summed E-state index contributed by atoms with van der Waals surface area (Å²) in [5, 5.41) is 1.02. The number of halogens is 1. The first-order chi connectivity index (χ1) is 12.7. The quantitative estimate of drug-likeness (QED) is 0.316. The Hall–Kier alpha value is -0.450. The van der Waals surface area contributed by atoms with Crippen LogP contribution in [0.5, 0.6) is 0 Å². The third kappa shape index (κ3) is 4.94. The van der Waals surface area contributed by atoms with Gasteiger partial charge in [0.25, 0.3) is 5.91 Å². The van der Waals surface area contributed by atoms with Gasteiger partial charge in [0.05, 0.1) is 22.2 Å². The first-order valence-electron chi connectivity index (χ1n) is 7.96. The summed E-state index contributed by atoms with van der Waals surface area (Å²) in [6, 6.07) is 6.13. The fourth-order valence-corrected chi connectivity index (χ4v) is 5.79. The molecule has 0 aliphatic carbocycles. The zero-order valence-corrected chi connectivity index (χ0v) is 19.1. The zero-order chi connectivity index (χ0) is 19.8. The largest absolute Gasteiger partial charge is 0.405 e. The highest BCUT2D eigenvalue weighted by molar-refractivity contribution is 9.10. The van der Waals surface area contributed by atoms with Gasteiger partial charge in [0.15, 0.2) is 6.16 Å². The summed E-state index contributed by atoms with van der Waals surface area (Å²) >= 11 is 11.5. The van der Waals surface area contributed by atoms with Gasteiger partial charge >= 0.3 is 7.94 Å². The maximum atomic E-state index is 12.5. The maximum absolute atomic E-state index is 12.5. The second kappa shape index (κ2) is 8.51. The van der Waals surface area contributed by atoms with Crippen molar-refractivity contribution in [2.24, 2.45) is 0 Å². The van der Waals surface area contributed by atoms with Gasteiger partial charge in [-0.2, -0.15) is 14.7 Å². The summed E-state index contributed by atoms with van der Waals surface area (Å²) < 4.78 is 1.36. The Morgan fingerprint density at radius 2 is 1.96 bits per heavy atom. The smallest absolute Gasteiger partial charge is 0.335 e. The molecular formula is C16H17BrN2O4PS3+. The summed E-state index contributed by atoms with van der Waals surface area (Å²) in [5.74, 6) is -0.290. The number of fused-ring (bicyclic) bond motifs is 1. The molecule has 1 aromatic carbocycles. The third-order valence-corrected chi connectivity index (χ3v) is 7.70. The van der Waals surface area contributed by atoms with E-state index in [-0.39, 0.29) is 18.6 Å². The van der Waals surface area contributed by atoms with Crippen molar-refractivity contribution in [1.29, 1.82) is 0 Å². The van der Waals surface area contributed by atoms with Crippen LogP contribution in [0, 0.1) is 0 Å². The third-order valence-electron chi connectivity index (χ3n) is 3.88. The highest BCUT2D eigenvalue weighted by atomic mass is 79.9. The summed E-state index contributed by atoms with van der Waals surface area (Å²) in [5.41, 5.74) is 1.12. The van der Waals surface area contributed by atoms with E-state index in [1.54, 1.807) is 17.8 Å². The Bertz CT molecular complexity index is 857. The standard InChI is InChI=1S/C16H17BrN2O4PS3/c1-2-18-11-9-10(17)3-4-12(11)26-14(18)6-5-13-15(20)19(16(25)27-13)7-8-24(21,22)23/h3-6,9,21-23H,2,7-8H2,1H3/q+1/b13-5+,14-6-. The van der Waals surface area contributed by atoms with Crippen molar-refractivity contribution in [3.63, 3.8) is 0 Å². The van der Waals surface area contributed by atoms with Crippen molar-refractivity contribution in [2.75, 3.05) is 24.2 Å². The number of hydrogen-bond acceptors (Lipinski definition) is 8. The molecule has 0 aromatic heterocycles. The van der Waals surface area contributed by atoms with Gasteiger partial charge in [0.2, 0.25) is 0 Å². The number of thioether (sulfide) groups is 2.